The van der Waals surface area contributed by atoms with Gasteiger partial charge in [-0.3, -0.25) is 0 Å². The van der Waals surface area contributed by atoms with Gasteiger partial charge in [0, 0.05) is 50.7 Å². The predicted molar refractivity (Wildman–Crippen MR) is 115 cm³/mol. The van der Waals surface area contributed by atoms with Gasteiger partial charge in [-0.1, -0.05) is 37.6 Å². The minimum atomic E-state index is 0.392. The van der Waals surface area contributed by atoms with Crippen LogP contribution in [0.3, 0.4) is 0 Å². The first-order valence-corrected chi connectivity index (χ1v) is 10.5. The summed E-state index contributed by atoms with van der Waals surface area (Å²) in [4.78, 5) is 12.1. The monoisotopic (exact) mass is 384 g/mol. The minimum absolute atomic E-state index is 0.392. The Morgan fingerprint density at radius 1 is 1.04 bits per heavy atom. The quantitative estimate of drug-likeness (QED) is 0.734. The van der Waals surface area contributed by atoms with E-state index in [2.05, 4.69) is 78.8 Å². The normalized spacial score (nSPS) is 17.4. The molecule has 3 rings (SSSR count). The van der Waals surface area contributed by atoms with E-state index in [1.54, 1.807) is 0 Å². The molecular weight excluding hydrogens is 348 g/mol. The molecule has 1 fully saturated rings. The molecule has 28 heavy (non-hydrogen) atoms. The maximum atomic E-state index is 5.05. The van der Waals surface area contributed by atoms with E-state index in [1.165, 1.54) is 12.0 Å². The van der Waals surface area contributed by atoms with Gasteiger partial charge in [-0.2, -0.15) is 5.10 Å². The van der Waals surface area contributed by atoms with Crippen LogP contribution >= 0.6 is 0 Å². The van der Waals surface area contributed by atoms with Crippen molar-refractivity contribution in [3.8, 4) is 11.4 Å². The highest BCUT2D eigenvalue weighted by molar-refractivity contribution is 5.55. The molecule has 1 aromatic carbocycles. The topological polar surface area (TPSA) is 40.4 Å². The molecule has 0 N–H and O–H groups in total. The van der Waals surface area contributed by atoms with Crippen molar-refractivity contribution in [2.75, 3.05) is 54.4 Å². The molecule has 2 heterocycles. The molecule has 2 aromatic rings. The molecule has 0 amide bonds. The SMILES string of the molecule is CCCCn1nc(-c2ccc(CN(C)C)cc2)nc1C1CN(C)CCN(C)C1. The molecule has 0 unspecified atom stereocenters. The number of hydrogen-bond donors (Lipinski definition) is 0. The Kier molecular flexibility index (Phi) is 7.21. The van der Waals surface area contributed by atoms with Gasteiger partial charge < -0.3 is 14.7 Å². The van der Waals surface area contributed by atoms with Crippen molar-refractivity contribution in [2.45, 2.75) is 38.8 Å². The summed E-state index contributed by atoms with van der Waals surface area (Å²) in [6, 6.07) is 8.70. The van der Waals surface area contributed by atoms with Crippen LogP contribution in [0.15, 0.2) is 24.3 Å². The zero-order valence-electron chi connectivity index (χ0n) is 18.2. The second-order valence-corrected chi connectivity index (χ2v) is 8.53. The van der Waals surface area contributed by atoms with Gasteiger partial charge in [0.15, 0.2) is 5.82 Å². The Balaban J connectivity index is 1.88. The van der Waals surface area contributed by atoms with E-state index in [0.717, 1.165) is 62.9 Å². The number of likely N-dealkylation sites (N-methyl/N-ethyl adjacent to an activating group) is 2. The Bertz CT molecular complexity index is 724. The van der Waals surface area contributed by atoms with Crippen LogP contribution in [0.4, 0.5) is 0 Å². The van der Waals surface area contributed by atoms with Crippen LogP contribution in [-0.4, -0.2) is 83.8 Å². The molecule has 0 radical (unpaired) electrons. The van der Waals surface area contributed by atoms with Crippen molar-refractivity contribution in [1.29, 1.82) is 0 Å². The van der Waals surface area contributed by atoms with Gasteiger partial charge in [-0.05, 0) is 40.2 Å². The maximum absolute atomic E-state index is 5.05. The maximum Gasteiger partial charge on any atom is 0.181 e. The number of aryl methyl sites for hydroxylation is 1. The molecule has 6 nitrogen and oxygen atoms in total. The van der Waals surface area contributed by atoms with E-state index in [1.807, 2.05) is 0 Å². The summed E-state index contributed by atoms with van der Waals surface area (Å²) in [5, 5.41) is 4.92. The van der Waals surface area contributed by atoms with Crippen LogP contribution < -0.4 is 0 Å². The summed E-state index contributed by atoms with van der Waals surface area (Å²) in [6.45, 7) is 8.42. The fourth-order valence-electron chi connectivity index (χ4n) is 3.87. The first kappa shape index (κ1) is 21.0. The van der Waals surface area contributed by atoms with E-state index >= 15 is 0 Å². The van der Waals surface area contributed by atoms with Crippen LogP contribution in [0, 0.1) is 0 Å². The van der Waals surface area contributed by atoms with Gasteiger partial charge >= 0.3 is 0 Å². The summed E-state index contributed by atoms with van der Waals surface area (Å²) in [7, 11) is 8.61. The number of rotatable bonds is 7. The van der Waals surface area contributed by atoms with Gasteiger partial charge in [0.05, 0.1) is 0 Å². The van der Waals surface area contributed by atoms with E-state index in [9.17, 15) is 0 Å². The number of aromatic nitrogens is 3. The minimum Gasteiger partial charge on any atom is -0.305 e. The first-order valence-electron chi connectivity index (χ1n) is 10.5. The molecule has 1 aromatic heterocycles. The smallest absolute Gasteiger partial charge is 0.181 e. The van der Waals surface area contributed by atoms with E-state index < -0.39 is 0 Å². The van der Waals surface area contributed by atoms with Crippen molar-refractivity contribution >= 4 is 0 Å². The largest absolute Gasteiger partial charge is 0.305 e. The van der Waals surface area contributed by atoms with Crippen LogP contribution in [0.2, 0.25) is 0 Å². The van der Waals surface area contributed by atoms with Gasteiger partial charge in [0.2, 0.25) is 0 Å². The van der Waals surface area contributed by atoms with Gasteiger partial charge in [-0.25, -0.2) is 9.67 Å². The molecule has 0 saturated carbocycles. The fourth-order valence-corrected chi connectivity index (χ4v) is 3.87. The molecule has 1 saturated heterocycles. The van der Waals surface area contributed by atoms with Gasteiger partial charge in [0.25, 0.3) is 0 Å². The molecule has 0 atom stereocenters. The van der Waals surface area contributed by atoms with Gasteiger partial charge in [-0.15, -0.1) is 0 Å². The lowest BCUT2D eigenvalue weighted by Gasteiger charge is -2.20. The molecule has 154 valence electrons. The van der Waals surface area contributed by atoms with Crippen LogP contribution in [0.5, 0.6) is 0 Å². The van der Waals surface area contributed by atoms with Crippen LogP contribution in [0.25, 0.3) is 11.4 Å². The Hall–Kier alpha value is -1.76. The number of benzene rings is 1. The second kappa shape index (κ2) is 9.63. The lowest BCUT2D eigenvalue weighted by molar-refractivity contribution is 0.320. The third-order valence-corrected chi connectivity index (χ3v) is 5.43. The summed E-state index contributed by atoms with van der Waals surface area (Å²) in [5.41, 5.74) is 2.42. The molecule has 1 aliphatic rings. The van der Waals surface area contributed by atoms with Gasteiger partial charge in [0.1, 0.15) is 5.82 Å². The third kappa shape index (κ3) is 5.40. The molecule has 0 bridgehead atoms. The summed E-state index contributed by atoms with van der Waals surface area (Å²) < 4.78 is 2.17. The van der Waals surface area contributed by atoms with Crippen LogP contribution in [-0.2, 0) is 13.1 Å². The van der Waals surface area contributed by atoms with Crippen molar-refractivity contribution in [1.82, 2.24) is 29.5 Å². The highest BCUT2D eigenvalue weighted by Crippen LogP contribution is 2.24. The third-order valence-electron chi connectivity index (χ3n) is 5.43. The van der Waals surface area contributed by atoms with E-state index in [-0.39, 0.29) is 0 Å². The number of hydrogen-bond acceptors (Lipinski definition) is 5. The fraction of sp³-hybridized carbons (Fsp3) is 0.636. The highest BCUT2D eigenvalue weighted by atomic mass is 15.4. The lowest BCUT2D eigenvalue weighted by atomic mass is 10.1. The first-order chi connectivity index (χ1) is 13.5. The van der Waals surface area contributed by atoms with E-state index in [0.29, 0.717) is 5.92 Å². The van der Waals surface area contributed by atoms with Crippen molar-refractivity contribution < 1.29 is 0 Å². The standard InChI is InChI=1S/C22H36N6/c1-6-7-12-28-22(20-16-26(4)13-14-27(5)17-20)23-21(24-28)19-10-8-18(9-11-19)15-25(2)3/h8-11,20H,6-7,12-17H2,1-5H3. The zero-order valence-corrected chi connectivity index (χ0v) is 18.2. The summed E-state index contributed by atoms with van der Waals surface area (Å²) in [5.74, 6) is 2.39. The second-order valence-electron chi connectivity index (χ2n) is 8.53. The van der Waals surface area contributed by atoms with E-state index in [4.69, 9.17) is 10.1 Å². The Morgan fingerprint density at radius 3 is 2.25 bits per heavy atom. The van der Waals surface area contributed by atoms with Crippen molar-refractivity contribution in [3.63, 3.8) is 0 Å². The number of nitrogens with zero attached hydrogens (tertiary/aromatic N) is 6. The molecule has 0 spiro atoms. The summed E-state index contributed by atoms with van der Waals surface area (Å²) >= 11 is 0. The zero-order chi connectivity index (χ0) is 20.1. The molecule has 1 aliphatic heterocycles. The average Bonchev–Trinajstić information content (AvgIpc) is 3.00. The Morgan fingerprint density at radius 2 is 1.68 bits per heavy atom. The Labute approximate surface area is 170 Å². The predicted octanol–water partition coefficient (Wildman–Crippen LogP) is 2.77. The average molecular weight is 385 g/mol. The molecule has 0 aliphatic carbocycles. The molecular formula is C22H36N6. The lowest BCUT2D eigenvalue weighted by Crippen LogP contribution is -2.27. The number of unbranched alkanes of at least 4 members (excludes halogenated alkanes) is 1. The van der Waals surface area contributed by atoms with Crippen LogP contribution in [0.1, 0.15) is 37.1 Å². The summed E-state index contributed by atoms with van der Waals surface area (Å²) in [6.07, 6.45) is 2.30. The highest BCUT2D eigenvalue weighted by Gasteiger charge is 2.26. The van der Waals surface area contributed by atoms with Crippen molar-refractivity contribution in [2.24, 2.45) is 0 Å². The molecule has 6 heteroatoms. The van der Waals surface area contributed by atoms with Crippen molar-refractivity contribution in [3.05, 3.63) is 35.7 Å².